The van der Waals surface area contributed by atoms with Gasteiger partial charge in [0.15, 0.2) is 0 Å². The minimum Gasteiger partial charge on any atom is -0.396 e. The molecule has 1 aromatic carbocycles. The number of aliphatic hydroxyl groups is 2. The third-order valence-corrected chi connectivity index (χ3v) is 5.53. The van der Waals surface area contributed by atoms with Crippen molar-refractivity contribution in [1.82, 2.24) is 19.3 Å². The number of aliphatic hydroxyl groups excluding tert-OH is 1. The summed E-state index contributed by atoms with van der Waals surface area (Å²) in [7, 11) is 0. The maximum absolute atomic E-state index is 10.6. The van der Waals surface area contributed by atoms with Crippen molar-refractivity contribution in [2.75, 3.05) is 6.61 Å². The van der Waals surface area contributed by atoms with Crippen LogP contribution in [0.25, 0.3) is 16.6 Å². The van der Waals surface area contributed by atoms with Crippen LogP contribution < -0.4 is 0 Å². The molecular weight excluding hydrogens is 328 g/mol. The van der Waals surface area contributed by atoms with Crippen molar-refractivity contribution in [2.24, 2.45) is 5.92 Å². The van der Waals surface area contributed by atoms with Crippen LogP contribution in [0.15, 0.2) is 37.1 Å². The third-order valence-electron chi connectivity index (χ3n) is 5.53. The Morgan fingerprint density at radius 3 is 2.58 bits per heavy atom. The molecule has 2 aromatic heterocycles. The Morgan fingerprint density at radius 2 is 1.96 bits per heavy atom. The predicted octanol–water partition coefficient (Wildman–Crippen LogP) is 3.17. The summed E-state index contributed by atoms with van der Waals surface area (Å²) >= 11 is 0. The van der Waals surface area contributed by atoms with Gasteiger partial charge in [-0.3, -0.25) is 4.68 Å². The Morgan fingerprint density at radius 1 is 1.19 bits per heavy atom. The van der Waals surface area contributed by atoms with E-state index < -0.39 is 5.60 Å². The Kier molecular flexibility index (Phi) is 4.32. The molecule has 1 aliphatic rings. The van der Waals surface area contributed by atoms with E-state index in [1.54, 1.807) is 26.4 Å². The normalized spacial score (nSPS) is 21.4. The fraction of sp³-hybridized carbons (Fsp3) is 0.500. The molecule has 4 rings (SSSR count). The van der Waals surface area contributed by atoms with Crippen molar-refractivity contribution >= 4 is 10.9 Å². The van der Waals surface area contributed by atoms with Crippen molar-refractivity contribution in [3.05, 3.63) is 42.6 Å². The first kappa shape index (κ1) is 17.2. The minimum atomic E-state index is -0.975. The molecule has 2 heterocycles. The van der Waals surface area contributed by atoms with Gasteiger partial charge in [0.2, 0.25) is 0 Å². The van der Waals surface area contributed by atoms with Gasteiger partial charge < -0.3 is 14.8 Å². The molecule has 6 nitrogen and oxygen atoms in total. The molecule has 0 bridgehead atoms. The summed E-state index contributed by atoms with van der Waals surface area (Å²) in [6.45, 7) is 3.88. The van der Waals surface area contributed by atoms with Gasteiger partial charge in [-0.2, -0.15) is 5.10 Å². The molecule has 6 heteroatoms. The van der Waals surface area contributed by atoms with Gasteiger partial charge in [-0.1, -0.05) is 0 Å². The zero-order chi connectivity index (χ0) is 18.3. The van der Waals surface area contributed by atoms with E-state index in [9.17, 15) is 10.2 Å². The average molecular weight is 354 g/mol. The smallest absolute Gasteiger partial charge is 0.0991 e. The molecule has 0 amide bonds. The van der Waals surface area contributed by atoms with Crippen molar-refractivity contribution < 1.29 is 10.2 Å². The molecule has 0 aliphatic heterocycles. The Labute approximate surface area is 153 Å². The topological polar surface area (TPSA) is 76.1 Å². The van der Waals surface area contributed by atoms with E-state index >= 15 is 0 Å². The average Bonchev–Trinajstić information content (AvgIpc) is 3.29. The number of aromatic nitrogens is 4. The zero-order valence-electron chi connectivity index (χ0n) is 15.3. The zero-order valence-corrected chi connectivity index (χ0v) is 15.3. The number of nitrogens with zero attached hydrogens (tertiary/aromatic N) is 4. The van der Waals surface area contributed by atoms with E-state index in [0.29, 0.717) is 12.0 Å². The molecule has 1 aliphatic carbocycles. The minimum absolute atomic E-state index is 0.289. The number of benzene rings is 1. The van der Waals surface area contributed by atoms with Crippen LogP contribution in [0.3, 0.4) is 0 Å². The largest absolute Gasteiger partial charge is 0.396 e. The molecule has 3 aromatic rings. The maximum atomic E-state index is 10.6. The number of imidazole rings is 1. The number of fused-ring (bicyclic) bond motifs is 1. The maximum Gasteiger partial charge on any atom is 0.0991 e. The van der Waals surface area contributed by atoms with E-state index in [4.69, 9.17) is 5.10 Å². The van der Waals surface area contributed by atoms with E-state index in [0.717, 1.165) is 47.8 Å². The van der Waals surface area contributed by atoms with Gasteiger partial charge in [0, 0.05) is 36.1 Å². The molecule has 0 saturated heterocycles. The van der Waals surface area contributed by atoms with Crippen LogP contribution in [0.5, 0.6) is 0 Å². The van der Waals surface area contributed by atoms with Crippen molar-refractivity contribution in [3.63, 3.8) is 0 Å². The highest BCUT2D eigenvalue weighted by atomic mass is 16.3. The lowest BCUT2D eigenvalue weighted by Crippen LogP contribution is -2.20. The number of hydrogen-bond donors (Lipinski definition) is 2. The molecule has 0 radical (unpaired) electrons. The Balaban J connectivity index is 1.74. The van der Waals surface area contributed by atoms with E-state index in [-0.39, 0.29) is 6.61 Å². The summed E-state index contributed by atoms with van der Waals surface area (Å²) < 4.78 is 4.00. The van der Waals surface area contributed by atoms with Crippen LogP contribution in [0.2, 0.25) is 0 Å². The van der Waals surface area contributed by atoms with Gasteiger partial charge in [0.05, 0.1) is 29.2 Å². The van der Waals surface area contributed by atoms with Crippen LogP contribution in [0.1, 0.15) is 51.1 Å². The fourth-order valence-electron chi connectivity index (χ4n) is 3.96. The van der Waals surface area contributed by atoms with Gasteiger partial charge in [-0.15, -0.1) is 0 Å². The van der Waals surface area contributed by atoms with Crippen LogP contribution in [0.4, 0.5) is 0 Å². The second kappa shape index (κ2) is 6.52. The molecule has 1 fully saturated rings. The monoisotopic (exact) mass is 354 g/mol. The third kappa shape index (κ3) is 3.15. The highest BCUT2D eigenvalue weighted by Crippen LogP contribution is 2.34. The first-order chi connectivity index (χ1) is 12.5. The van der Waals surface area contributed by atoms with Gasteiger partial charge in [-0.05, 0) is 57.6 Å². The first-order valence-electron chi connectivity index (χ1n) is 9.30. The highest BCUT2D eigenvalue weighted by molar-refractivity contribution is 5.82. The van der Waals surface area contributed by atoms with E-state index in [1.165, 1.54) is 0 Å². The Hall–Kier alpha value is -2.18. The summed E-state index contributed by atoms with van der Waals surface area (Å²) in [4.78, 5) is 4.14. The fourth-order valence-corrected chi connectivity index (χ4v) is 3.96. The van der Waals surface area contributed by atoms with Gasteiger partial charge in [-0.25, -0.2) is 4.98 Å². The van der Waals surface area contributed by atoms with Crippen molar-refractivity contribution in [3.8, 4) is 5.69 Å². The summed E-state index contributed by atoms with van der Waals surface area (Å²) in [5.74, 6) is 0.436. The summed E-state index contributed by atoms with van der Waals surface area (Å²) in [5.41, 5.74) is 1.68. The standard InChI is InChI=1S/C20H26N4O2/c1-20(2,26)17-10-18-15(9-19(17)23-8-7-21-13-23)11-24(22-18)16-5-3-14(12-25)4-6-16/h7-11,13-14,16,25-26H,3-6,12H2,1-2H3. The molecule has 0 unspecified atom stereocenters. The summed E-state index contributed by atoms with van der Waals surface area (Å²) in [5, 5.41) is 25.8. The van der Waals surface area contributed by atoms with E-state index in [1.807, 2.05) is 16.8 Å². The summed E-state index contributed by atoms with van der Waals surface area (Å²) in [6.07, 6.45) is 11.7. The lowest BCUT2D eigenvalue weighted by atomic mass is 9.87. The van der Waals surface area contributed by atoms with Gasteiger partial charge >= 0.3 is 0 Å². The molecule has 0 atom stereocenters. The molecular formula is C20H26N4O2. The van der Waals surface area contributed by atoms with Gasteiger partial charge in [0.1, 0.15) is 0 Å². The first-order valence-corrected chi connectivity index (χ1v) is 9.30. The molecule has 0 spiro atoms. The SMILES string of the molecule is CC(C)(O)c1cc2nn(C3CCC(CO)CC3)cc2cc1-n1ccnc1. The van der Waals surface area contributed by atoms with E-state index in [2.05, 4.69) is 21.9 Å². The number of hydrogen-bond acceptors (Lipinski definition) is 4. The lowest BCUT2D eigenvalue weighted by molar-refractivity contribution is 0.0786. The highest BCUT2D eigenvalue weighted by Gasteiger charge is 2.25. The van der Waals surface area contributed by atoms with Crippen molar-refractivity contribution in [1.29, 1.82) is 0 Å². The lowest BCUT2D eigenvalue weighted by Gasteiger charge is -2.27. The van der Waals surface area contributed by atoms with Crippen LogP contribution in [-0.2, 0) is 5.60 Å². The number of rotatable bonds is 4. The van der Waals surface area contributed by atoms with Crippen molar-refractivity contribution in [2.45, 2.75) is 51.2 Å². The molecule has 26 heavy (non-hydrogen) atoms. The Bertz CT molecular complexity index is 885. The van der Waals surface area contributed by atoms with Gasteiger partial charge in [0.25, 0.3) is 0 Å². The second-order valence-electron chi connectivity index (χ2n) is 7.92. The second-order valence-corrected chi connectivity index (χ2v) is 7.92. The summed E-state index contributed by atoms with van der Waals surface area (Å²) in [6, 6.07) is 4.45. The quantitative estimate of drug-likeness (QED) is 0.754. The molecule has 2 N–H and O–H groups in total. The van der Waals surface area contributed by atoms with Crippen LogP contribution in [0, 0.1) is 5.92 Å². The molecule has 1 saturated carbocycles. The van der Waals surface area contributed by atoms with Crippen LogP contribution >= 0.6 is 0 Å². The molecule has 138 valence electrons. The van der Waals surface area contributed by atoms with Crippen LogP contribution in [-0.4, -0.2) is 36.2 Å². The predicted molar refractivity (Wildman–Crippen MR) is 100 cm³/mol.